The Morgan fingerprint density at radius 2 is 0.646 bits per heavy atom. The van der Waals surface area contributed by atoms with Crippen LogP contribution >= 0.6 is 0 Å². The van der Waals surface area contributed by atoms with Crippen molar-refractivity contribution < 1.29 is 0 Å². The van der Waals surface area contributed by atoms with Gasteiger partial charge in [0.15, 0.2) is 0 Å². The summed E-state index contributed by atoms with van der Waals surface area (Å²) in [6.07, 6.45) is 0. The molecule has 0 heterocycles. The van der Waals surface area contributed by atoms with Crippen LogP contribution in [0, 0.1) is 0 Å². The molecule has 0 aliphatic carbocycles. The van der Waals surface area contributed by atoms with E-state index in [0.29, 0.717) is 0 Å². The Morgan fingerprint density at radius 1 is 0.200 bits per heavy atom. The smallest absolute Gasteiger partial charge is 0.0468 e. The molecule has 1 heteroatoms. The summed E-state index contributed by atoms with van der Waals surface area (Å²) in [5, 5.41) is 9.94. The second kappa shape index (κ2) is 16.3. The predicted octanol–water partition coefficient (Wildman–Crippen LogP) is 18.1. The second-order valence-corrected chi connectivity index (χ2v) is 16.9. The first-order chi connectivity index (χ1) is 32.2. The average molecular weight is 826 g/mol. The van der Waals surface area contributed by atoms with E-state index < -0.39 is 0 Å². The number of hydrogen-bond acceptors (Lipinski definition) is 1. The maximum atomic E-state index is 2.41. The summed E-state index contributed by atoms with van der Waals surface area (Å²) in [4.78, 5) is 2.38. The molecular formula is C64H43N. The molecule has 0 bridgehead atoms. The molecule has 12 aromatic carbocycles. The molecule has 12 aromatic rings. The molecule has 0 fully saturated rings. The fourth-order valence-corrected chi connectivity index (χ4v) is 9.88. The van der Waals surface area contributed by atoms with Crippen molar-refractivity contribution >= 4 is 60.2 Å². The van der Waals surface area contributed by atoms with Crippen LogP contribution in [0.15, 0.2) is 261 Å². The van der Waals surface area contributed by atoms with Crippen LogP contribution in [0.1, 0.15) is 0 Å². The number of hydrogen-bond donors (Lipinski definition) is 0. The Bertz CT molecular complexity index is 3660. The summed E-state index contributed by atoms with van der Waals surface area (Å²) in [7, 11) is 0. The zero-order valence-electron chi connectivity index (χ0n) is 35.8. The zero-order chi connectivity index (χ0) is 43.1. The molecule has 0 aliphatic heterocycles. The SMILES string of the molecule is c1ccc(-c2ccc3cc(N(c4ccc(-c5ccc6c(c5)c(-c5ccccc5)c(-c5ccccc5)c5ccccc56)cc4)c4ccc(-c5cccc6ccccc56)cc4)ccc3c2)cc1. The molecular weight excluding hydrogens is 783 g/mol. The zero-order valence-corrected chi connectivity index (χ0v) is 35.8. The summed E-state index contributed by atoms with van der Waals surface area (Å²) < 4.78 is 0. The van der Waals surface area contributed by atoms with Crippen LogP contribution in [0.4, 0.5) is 17.1 Å². The van der Waals surface area contributed by atoms with E-state index in [-0.39, 0.29) is 0 Å². The molecule has 0 amide bonds. The molecule has 304 valence electrons. The van der Waals surface area contributed by atoms with Gasteiger partial charge in [-0.15, -0.1) is 0 Å². The normalized spacial score (nSPS) is 11.4. The minimum absolute atomic E-state index is 1.09. The van der Waals surface area contributed by atoms with Crippen LogP contribution in [-0.2, 0) is 0 Å². The molecule has 0 N–H and O–H groups in total. The van der Waals surface area contributed by atoms with Crippen molar-refractivity contribution in [1.82, 2.24) is 0 Å². The first-order valence-corrected chi connectivity index (χ1v) is 22.4. The monoisotopic (exact) mass is 825 g/mol. The number of anilines is 3. The van der Waals surface area contributed by atoms with Crippen molar-refractivity contribution in [2.75, 3.05) is 4.90 Å². The van der Waals surface area contributed by atoms with Crippen LogP contribution in [0.2, 0.25) is 0 Å². The highest BCUT2D eigenvalue weighted by Crippen LogP contribution is 2.46. The molecule has 12 rings (SSSR count). The average Bonchev–Trinajstić information content (AvgIpc) is 3.39. The Morgan fingerprint density at radius 3 is 1.34 bits per heavy atom. The minimum atomic E-state index is 1.09. The minimum Gasteiger partial charge on any atom is -0.310 e. The van der Waals surface area contributed by atoms with Gasteiger partial charge in [-0.1, -0.05) is 212 Å². The van der Waals surface area contributed by atoms with E-state index in [2.05, 4.69) is 266 Å². The van der Waals surface area contributed by atoms with Gasteiger partial charge in [-0.2, -0.15) is 0 Å². The van der Waals surface area contributed by atoms with Gasteiger partial charge >= 0.3 is 0 Å². The van der Waals surface area contributed by atoms with E-state index in [0.717, 1.165) is 17.1 Å². The van der Waals surface area contributed by atoms with Gasteiger partial charge in [0.2, 0.25) is 0 Å². The van der Waals surface area contributed by atoms with E-state index in [9.17, 15) is 0 Å². The summed E-state index contributed by atoms with van der Waals surface area (Å²) in [6.45, 7) is 0. The van der Waals surface area contributed by atoms with Crippen LogP contribution in [0.3, 0.4) is 0 Å². The third-order valence-corrected chi connectivity index (χ3v) is 13.0. The highest BCUT2D eigenvalue weighted by molar-refractivity contribution is 6.22. The fourth-order valence-electron chi connectivity index (χ4n) is 9.88. The van der Waals surface area contributed by atoms with Crippen LogP contribution in [-0.4, -0.2) is 0 Å². The lowest BCUT2D eigenvalue weighted by atomic mass is 9.84. The topological polar surface area (TPSA) is 3.24 Å². The number of benzene rings is 12. The van der Waals surface area contributed by atoms with Gasteiger partial charge in [0, 0.05) is 17.1 Å². The molecule has 0 saturated heterocycles. The molecule has 0 radical (unpaired) electrons. The maximum absolute atomic E-state index is 2.41. The van der Waals surface area contributed by atoms with E-state index in [1.165, 1.54) is 98.7 Å². The fraction of sp³-hybridized carbons (Fsp3) is 0. The third kappa shape index (κ3) is 7.01. The standard InChI is InChI=1S/C64H43N/c1-4-15-44(16-5-1)50-27-28-52-42-56(39-33-51(52)41-50)65(55-37-31-47(32-38-55)58-26-14-22-46-17-10-11-23-57(46)58)54-35-29-45(30-36-54)53-34-40-60-59-24-12-13-25-61(59)63(48-18-6-2-7-19-48)64(62(60)43-53)49-20-8-3-9-21-49/h1-43H. The summed E-state index contributed by atoms with van der Waals surface area (Å²) >= 11 is 0. The van der Waals surface area contributed by atoms with Gasteiger partial charge < -0.3 is 4.90 Å². The van der Waals surface area contributed by atoms with Crippen molar-refractivity contribution in [1.29, 1.82) is 0 Å². The van der Waals surface area contributed by atoms with Crippen molar-refractivity contribution in [3.05, 3.63) is 261 Å². The molecule has 1 nitrogen and oxygen atoms in total. The largest absolute Gasteiger partial charge is 0.310 e. The molecule has 0 aliphatic rings. The highest BCUT2D eigenvalue weighted by Gasteiger charge is 2.19. The lowest BCUT2D eigenvalue weighted by molar-refractivity contribution is 1.29. The van der Waals surface area contributed by atoms with Gasteiger partial charge in [0.1, 0.15) is 0 Å². The van der Waals surface area contributed by atoms with E-state index in [4.69, 9.17) is 0 Å². The Kier molecular flexibility index (Phi) is 9.58. The van der Waals surface area contributed by atoms with E-state index in [1.807, 2.05) is 0 Å². The van der Waals surface area contributed by atoms with Crippen LogP contribution in [0.25, 0.3) is 98.7 Å². The third-order valence-electron chi connectivity index (χ3n) is 13.0. The first-order valence-electron chi connectivity index (χ1n) is 22.4. The quantitative estimate of drug-likeness (QED) is 0.138. The molecule has 65 heavy (non-hydrogen) atoms. The van der Waals surface area contributed by atoms with Crippen molar-refractivity contribution in [3.63, 3.8) is 0 Å². The number of nitrogens with zero attached hydrogens (tertiary/aromatic N) is 1. The first kappa shape index (κ1) is 38.2. The molecule has 0 aromatic heterocycles. The van der Waals surface area contributed by atoms with Crippen LogP contribution < -0.4 is 4.90 Å². The van der Waals surface area contributed by atoms with E-state index in [1.54, 1.807) is 0 Å². The molecule has 0 unspecified atom stereocenters. The maximum Gasteiger partial charge on any atom is 0.0468 e. The van der Waals surface area contributed by atoms with Gasteiger partial charge in [0.05, 0.1) is 0 Å². The van der Waals surface area contributed by atoms with Crippen LogP contribution in [0.5, 0.6) is 0 Å². The van der Waals surface area contributed by atoms with Crippen molar-refractivity contribution in [2.24, 2.45) is 0 Å². The molecule has 0 atom stereocenters. The summed E-state index contributed by atoms with van der Waals surface area (Å²) in [5.41, 5.74) is 15.5. The van der Waals surface area contributed by atoms with Crippen molar-refractivity contribution in [3.8, 4) is 55.6 Å². The predicted molar refractivity (Wildman–Crippen MR) is 278 cm³/mol. The highest BCUT2D eigenvalue weighted by atomic mass is 15.1. The lowest BCUT2D eigenvalue weighted by Crippen LogP contribution is -2.09. The Balaban J connectivity index is 0.980. The molecule has 0 spiro atoms. The number of rotatable bonds is 8. The van der Waals surface area contributed by atoms with Gasteiger partial charge in [0.25, 0.3) is 0 Å². The van der Waals surface area contributed by atoms with Gasteiger partial charge in [-0.25, -0.2) is 0 Å². The lowest BCUT2D eigenvalue weighted by Gasteiger charge is -2.26. The summed E-state index contributed by atoms with van der Waals surface area (Å²) in [5.74, 6) is 0. The van der Waals surface area contributed by atoms with E-state index >= 15 is 0 Å². The summed E-state index contributed by atoms with van der Waals surface area (Å²) in [6, 6.07) is 95.2. The van der Waals surface area contributed by atoms with Gasteiger partial charge in [-0.05, 0) is 147 Å². The second-order valence-electron chi connectivity index (χ2n) is 16.9. The van der Waals surface area contributed by atoms with Gasteiger partial charge in [-0.3, -0.25) is 0 Å². The van der Waals surface area contributed by atoms with Crippen molar-refractivity contribution in [2.45, 2.75) is 0 Å². The number of fused-ring (bicyclic) bond motifs is 5. The Hall–Kier alpha value is -8.52. The Labute approximate surface area is 379 Å². The molecule has 0 saturated carbocycles.